The molecule has 0 heterocycles. The molecule has 4 N–H and O–H groups in total. The molecule has 0 spiro atoms. The van der Waals surface area contributed by atoms with E-state index >= 15 is 0 Å². The second-order valence-corrected chi connectivity index (χ2v) is 2.32. The van der Waals surface area contributed by atoms with Gasteiger partial charge in [-0.3, -0.25) is 0 Å². The fourth-order valence-electron chi connectivity index (χ4n) is 0.741. The van der Waals surface area contributed by atoms with Gasteiger partial charge in [-0.15, -0.1) is 12.4 Å². The summed E-state index contributed by atoms with van der Waals surface area (Å²) in [5.74, 6) is 0.478. The lowest BCUT2D eigenvalue weighted by molar-refractivity contribution is -0.0548. The van der Waals surface area contributed by atoms with E-state index in [1.807, 2.05) is 0 Å². The highest BCUT2D eigenvalue weighted by molar-refractivity contribution is 5.85. The summed E-state index contributed by atoms with van der Waals surface area (Å²) in [6.45, 7) is -0.426. The first-order valence-electron chi connectivity index (χ1n) is 3.53. The van der Waals surface area contributed by atoms with Crippen molar-refractivity contribution in [1.82, 2.24) is 0 Å². The summed E-state index contributed by atoms with van der Waals surface area (Å²) in [6.07, 6.45) is -1.17. The van der Waals surface area contributed by atoms with E-state index in [1.54, 1.807) is 24.3 Å². The molecular weight excluding hydrogens is 194 g/mol. The Kier molecular flexibility index (Phi) is 5.22. The minimum absolute atomic E-state index is 0. The lowest BCUT2D eigenvalue weighted by Crippen LogP contribution is -2.19. The number of aliphatic hydroxyl groups excluding tert-OH is 2. The van der Waals surface area contributed by atoms with Crippen LogP contribution in [0.2, 0.25) is 0 Å². The zero-order valence-electron chi connectivity index (χ0n) is 6.88. The molecule has 4 nitrogen and oxygen atoms in total. The maximum atomic E-state index is 8.88. The number of nitrogens with two attached hydrogens (primary N) is 1. The van der Waals surface area contributed by atoms with Gasteiger partial charge in [0.25, 0.3) is 0 Å². The second kappa shape index (κ2) is 5.64. The number of ether oxygens (including phenoxy) is 1. The van der Waals surface area contributed by atoms with Gasteiger partial charge in [-0.25, -0.2) is 0 Å². The van der Waals surface area contributed by atoms with E-state index in [-0.39, 0.29) is 12.4 Å². The van der Waals surface area contributed by atoms with Crippen LogP contribution in [-0.2, 0) is 0 Å². The summed E-state index contributed by atoms with van der Waals surface area (Å²) in [5.41, 5.74) is 6.05. The third-order valence-corrected chi connectivity index (χ3v) is 1.31. The van der Waals surface area contributed by atoms with Crippen molar-refractivity contribution in [2.75, 3.05) is 12.3 Å². The fraction of sp³-hybridized carbons (Fsp3) is 0.250. The van der Waals surface area contributed by atoms with Crippen molar-refractivity contribution in [1.29, 1.82) is 0 Å². The smallest absolute Gasteiger partial charge is 0.220 e. The maximum absolute atomic E-state index is 8.88. The highest BCUT2D eigenvalue weighted by Crippen LogP contribution is 2.13. The topological polar surface area (TPSA) is 75.7 Å². The molecule has 0 aliphatic rings. The molecule has 0 amide bonds. The molecule has 1 rings (SSSR count). The van der Waals surface area contributed by atoms with Crippen molar-refractivity contribution < 1.29 is 14.9 Å². The van der Waals surface area contributed by atoms with Crippen LogP contribution in [0.4, 0.5) is 5.69 Å². The van der Waals surface area contributed by atoms with Gasteiger partial charge in [0.2, 0.25) is 6.29 Å². The highest BCUT2D eigenvalue weighted by Gasteiger charge is 2.01. The van der Waals surface area contributed by atoms with Crippen molar-refractivity contribution in [3.8, 4) is 5.75 Å². The van der Waals surface area contributed by atoms with Crippen LogP contribution in [0.5, 0.6) is 5.75 Å². The van der Waals surface area contributed by atoms with E-state index in [0.29, 0.717) is 11.4 Å². The van der Waals surface area contributed by atoms with Crippen molar-refractivity contribution in [3.05, 3.63) is 24.3 Å². The summed E-state index contributed by atoms with van der Waals surface area (Å²) in [6, 6.07) is 6.54. The third kappa shape index (κ3) is 3.98. The minimum Gasteiger partial charge on any atom is -0.463 e. The molecule has 0 bridgehead atoms. The van der Waals surface area contributed by atoms with Gasteiger partial charge in [0.15, 0.2) is 0 Å². The largest absolute Gasteiger partial charge is 0.463 e. The summed E-state index contributed by atoms with van der Waals surface area (Å²) in [7, 11) is 0. The van der Waals surface area contributed by atoms with Gasteiger partial charge in [0.05, 0.1) is 0 Å². The van der Waals surface area contributed by atoms with Crippen molar-refractivity contribution >= 4 is 18.1 Å². The van der Waals surface area contributed by atoms with Crippen LogP contribution >= 0.6 is 12.4 Å². The van der Waals surface area contributed by atoms with Gasteiger partial charge in [-0.1, -0.05) is 0 Å². The molecule has 13 heavy (non-hydrogen) atoms. The Hall–Kier alpha value is -0.970. The van der Waals surface area contributed by atoms with Crippen LogP contribution in [0.1, 0.15) is 0 Å². The minimum atomic E-state index is -1.17. The number of anilines is 1. The summed E-state index contributed by atoms with van der Waals surface area (Å²) >= 11 is 0. The van der Waals surface area contributed by atoms with Gasteiger partial charge < -0.3 is 20.7 Å². The predicted octanol–water partition coefficient (Wildman–Crippen LogP) is 0.380. The maximum Gasteiger partial charge on any atom is 0.220 e. The molecule has 1 aromatic rings. The number of nitrogen functional groups attached to an aromatic ring is 1. The van der Waals surface area contributed by atoms with Crippen LogP contribution < -0.4 is 10.5 Å². The van der Waals surface area contributed by atoms with Crippen molar-refractivity contribution in [2.24, 2.45) is 0 Å². The standard InChI is InChI=1S/C8H11NO3.ClH/c9-6-1-3-7(4-2-6)12-8(11)5-10;/h1-4,8,10-11H,5,9H2;1H. The van der Waals surface area contributed by atoms with Gasteiger partial charge in [0, 0.05) is 5.69 Å². The Labute approximate surface area is 82.4 Å². The van der Waals surface area contributed by atoms with Gasteiger partial charge in [-0.05, 0) is 24.3 Å². The Bertz CT molecular complexity index is 240. The fourth-order valence-corrected chi connectivity index (χ4v) is 0.741. The molecule has 1 aromatic carbocycles. The number of rotatable bonds is 3. The van der Waals surface area contributed by atoms with Crippen molar-refractivity contribution in [3.63, 3.8) is 0 Å². The molecular formula is C8H12ClNO3. The molecule has 0 aliphatic carbocycles. The zero-order chi connectivity index (χ0) is 8.97. The van der Waals surface area contributed by atoms with E-state index in [2.05, 4.69) is 0 Å². The predicted molar refractivity (Wildman–Crippen MR) is 51.8 cm³/mol. The third-order valence-electron chi connectivity index (χ3n) is 1.31. The molecule has 1 atom stereocenters. The van der Waals surface area contributed by atoms with E-state index in [0.717, 1.165) is 0 Å². The van der Waals surface area contributed by atoms with Gasteiger partial charge >= 0.3 is 0 Å². The number of hydrogen-bond acceptors (Lipinski definition) is 4. The molecule has 0 radical (unpaired) electrons. The highest BCUT2D eigenvalue weighted by atomic mass is 35.5. The lowest BCUT2D eigenvalue weighted by Gasteiger charge is -2.10. The van der Waals surface area contributed by atoms with E-state index in [4.69, 9.17) is 20.7 Å². The van der Waals surface area contributed by atoms with Crippen LogP contribution in [0.3, 0.4) is 0 Å². The number of aliphatic hydroxyl groups is 2. The van der Waals surface area contributed by atoms with Gasteiger partial charge in [-0.2, -0.15) is 0 Å². The SMILES string of the molecule is Cl.Nc1ccc(OC(O)CO)cc1. The Morgan fingerprint density at radius 2 is 1.85 bits per heavy atom. The quantitative estimate of drug-likeness (QED) is 0.493. The summed E-state index contributed by atoms with van der Waals surface area (Å²) in [4.78, 5) is 0. The first kappa shape index (κ1) is 12.0. The first-order chi connectivity index (χ1) is 5.72. The molecule has 5 heteroatoms. The molecule has 0 aliphatic heterocycles. The van der Waals surface area contributed by atoms with E-state index in [1.165, 1.54) is 0 Å². The molecule has 1 unspecified atom stereocenters. The number of benzene rings is 1. The Balaban J connectivity index is 0.00000144. The summed E-state index contributed by atoms with van der Waals surface area (Å²) in [5, 5.41) is 17.3. The average molecular weight is 206 g/mol. The number of hydrogen-bond donors (Lipinski definition) is 3. The van der Waals surface area contributed by atoms with Crippen LogP contribution in [0.25, 0.3) is 0 Å². The molecule has 74 valence electrons. The molecule has 0 aromatic heterocycles. The first-order valence-corrected chi connectivity index (χ1v) is 3.53. The van der Waals surface area contributed by atoms with Crippen LogP contribution in [0.15, 0.2) is 24.3 Å². The van der Waals surface area contributed by atoms with E-state index < -0.39 is 12.9 Å². The second-order valence-electron chi connectivity index (χ2n) is 2.32. The lowest BCUT2D eigenvalue weighted by atomic mass is 10.3. The number of halogens is 1. The average Bonchev–Trinajstić information content (AvgIpc) is 2.09. The van der Waals surface area contributed by atoms with Crippen LogP contribution in [-0.4, -0.2) is 23.1 Å². The Morgan fingerprint density at radius 3 is 2.31 bits per heavy atom. The normalized spacial score (nSPS) is 11.5. The van der Waals surface area contributed by atoms with Crippen LogP contribution in [0, 0.1) is 0 Å². The molecule has 0 fully saturated rings. The van der Waals surface area contributed by atoms with E-state index in [9.17, 15) is 0 Å². The summed E-state index contributed by atoms with van der Waals surface area (Å²) < 4.78 is 4.87. The van der Waals surface area contributed by atoms with Crippen molar-refractivity contribution in [2.45, 2.75) is 6.29 Å². The molecule has 0 saturated heterocycles. The zero-order valence-corrected chi connectivity index (χ0v) is 7.70. The van der Waals surface area contributed by atoms with Gasteiger partial charge in [0.1, 0.15) is 12.4 Å². The molecule has 0 saturated carbocycles. The monoisotopic (exact) mass is 205 g/mol. The Morgan fingerprint density at radius 1 is 1.31 bits per heavy atom.